The molecule has 0 aliphatic heterocycles. The standard InChI is InChI=1S/C16H17Cl2NO4/c1-21-16(22-2,23-3)12-8-14(18)15(20)19(10-12)9-11-5-4-6-13(17)7-11/h4-8,10H,9H2,1-3H3. The summed E-state index contributed by atoms with van der Waals surface area (Å²) >= 11 is 12.0. The fraction of sp³-hybridized carbons (Fsp3) is 0.312. The Hall–Kier alpha value is -1.37. The third-order valence-corrected chi connectivity index (χ3v) is 3.95. The molecule has 1 aromatic heterocycles. The van der Waals surface area contributed by atoms with E-state index in [2.05, 4.69) is 0 Å². The number of methoxy groups -OCH3 is 3. The fourth-order valence-electron chi connectivity index (χ4n) is 2.32. The number of hydrogen-bond acceptors (Lipinski definition) is 4. The van der Waals surface area contributed by atoms with Gasteiger partial charge in [-0.15, -0.1) is 0 Å². The van der Waals surface area contributed by atoms with Crippen molar-refractivity contribution in [3.05, 3.63) is 68.1 Å². The van der Waals surface area contributed by atoms with Gasteiger partial charge in [-0.3, -0.25) is 4.79 Å². The van der Waals surface area contributed by atoms with Gasteiger partial charge in [-0.25, -0.2) is 0 Å². The predicted molar refractivity (Wildman–Crippen MR) is 89.0 cm³/mol. The van der Waals surface area contributed by atoms with Crippen molar-refractivity contribution < 1.29 is 14.2 Å². The number of pyridine rings is 1. The number of aromatic nitrogens is 1. The van der Waals surface area contributed by atoms with Crippen LogP contribution in [0.2, 0.25) is 10.0 Å². The van der Waals surface area contributed by atoms with Gasteiger partial charge in [0, 0.05) is 32.5 Å². The Morgan fingerprint density at radius 1 is 1.09 bits per heavy atom. The van der Waals surface area contributed by atoms with Crippen LogP contribution in [0.15, 0.2) is 41.3 Å². The van der Waals surface area contributed by atoms with Crippen LogP contribution >= 0.6 is 23.2 Å². The lowest BCUT2D eigenvalue weighted by Crippen LogP contribution is -2.35. The molecule has 0 aliphatic rings. The average molecular weight is 358 g/mol. The SMILES string of the molecule is COC(OC)(OC)c1cc(Cl)c(=O)n(Cc2cccc(Cl)c2)c1. The third kappa shape index (κ3) is 3.76. The zero-order chi connectivity index (χ0) is 17.0. The van der Waals surface area contributed by atoms with E-state index in [4.69, 9.17) is 37.4 Å². The van der Waals surface area contributed by atoms with Crippen LogP contribution in [0.4, 0.5) is 0 Å². The zero-order valence-corrected chi connectivity index (χ0v) is 14.5. The second-order valence-electron chi connectivity index (χ2n) is 4.81. The predicted octanol–water partition coefficient (Wildman–Crippen LogP) is 3.25. The van der Waals surface area contributed by atoms with Crippen LogP contribution in [0.25, 0.3) is 0 Å². The Kier molecular flexibility index (Phi) is 5.84. The van der Waals surface area contributed by atoms with Crippen LogP contribution in [0.1, 0.15) is 11.1 Å². The summed E-state index contributed by atoms with van der Waals surface area (Å²) in [6, 6.07) is 8.70. The first-order chi connectivity index (χ1) is 11.0. The fourth-order valence-corrected chi connectivity index (χ4v) is 2.76. The van der Waals surface area contributed by atoms with Crippen LogP contribution in [-0.4, -0.2) is 25.9 Å². The van der Waals surface area contributed by atoms with E-state index in [0.29, 0.717) is 17.1 Å². The summed E-state index contributed by atoms with van der Waals surface area (Å²) in [5.74, 6) is -1.44. The Balaban J connectivity index is 2.50. The van der Waals surface area contributed by atoms with E-state index in [0.717, 1.165) is 5.56 Å². The van der Waals surface area contributed by atoms with E-state index >= 15 is 0 Å². The van der Waals surface area contributed by atoms with Gasteiger partial charge in [0.2, 0.25) is 0 Å². The Labute approximate surface area is 144 Å². The van der Waals surface area contributed by atoms with Crippen molar-refractivity contribution in [1.82, 2.24) is 4.57 Å². The minimum absolute atomic E-state index is 0.0417. The molecule has 1 heterocycles. The van der Waals surface area contributed by atoms with E-state index in [-0.39, 0.29) is 10.6 Å². The third-order valence-electron chi connectivity index (χ3n) is 3.44. The van der Waals surface area contributed by atoms with Crippen molar-refractivity contribution in [2.45, 2.75) is 12.5 Å². The summed E-state index contributed by atoms with van der Waals surface area (Å²) in [6.07, 6.45) is 1.59. The Morgan fingerprint density at radius 2 is 1.74 bits per heavy atom. The molecule has 0 atom stereocenters. The largest absolute Gasteiger partial charge is 0.327 e. The molecule has 0 saturated carbocycles. The minimum atomic E-state index is -1.44. The molecular formula is C16H17Cl2NO4. The minimum Gasteiger partial charge on any atom is -0.327 e. The number of hydrogen-bond donors (Lipinski definition) is 0. The first-order valence-corrected chi connectivity index (χ1v) is 7.51. The van der Waals surface area contributed by atoms with Crippen LogP contribution < -0.4 is 5.56 Å². The van der Waals surface area contributed by atoms with Crippen molar-refractivity contribution in [2.24, 2.45) is 0 Å². The van der Waals surface area contributed by atoms with E-state index < -0.39 is 5.97 Å². The van der Waals surface area contributed by atoms with E-state index in [1.54, 1.807) is 18.3 Å². The van der Waals surface area contributed by atoms with Gasteiger partial charge in [-0.1, -0.05) is 35.3 Å². The van der Waals surface area contributed by atoms with Crippen molar-refractivity contribution >= 4 is 23.2 Å². The quantitative estimate of drug-likeness (QED) is 0.744. The number of benzene rings is 1. The van der Waals surface area contributed by atoms with Gasteiger partial charge in [0.05, 0.1) is 12.1 Å². The summed E-state index contributed by atoms with van der Waals surface area (Å²) in [5.41, 5.74) is 1.01. The lowest BCUT2D eigenvalue weighted by atomic mass is 10.2. The van der Waals surface area contributed by atoms with Crippen LogP contribution in [0, 0.1) is 0 Å². The molecule has 0 N–H and O–H groups in total. The van der Waals surface area contributed by atoms with Gasteiger partial charge in [0.15, 0.2) is 0 Å². The van der Waals surface area contributed by atoms with Crippen LogP contribution in [0.5, 0.6) is 0 Å². The van der Waals surface area contributed by atoms with Gasteiger partial charge in [0.25, 0.3) is 5.56 Å². The molecule has 0 bridgehead atoms. The molecular weight excluding hydrogens is 341 g/mol. The molecule has 1 aromatic carbocycles. The molecule has 23 heavy (non-hydrogen) atoms. The summed E-state index contributed by atoms with van der Waals surface area (Å²) in [5, 5.41) is 0.637. The van der Waals surface area contributed by atoms with E-state index in [1.807, 2.05) is 12.1 Å². The van der Waals surface area contributed by atoms with Crippen LogP contribution in [0.3, 0.4) is 0 Å². The number of nitrogens with zero attached hydrogens (tertiary/aromatic N) is 1. The molecule has 0 fully saturated rings. The second kappa shape index (κ2) is 7.47. The van der Waals surface area contributed by atoms with Gasteiger partial charge in [-0.2, -0.15) is 0 Å². The van der Waals surface area contributed by atoms with E-state index in [9.17, 15) is 4.79 Å². The van der Waals surface area contributed by atoms with Crippen molar-refractivity contribution in [3.8, 4) is 0 Å². The molecule has 0 amide bonds. The zero-order valence-electron chi connectivity index (χ0n) is 13.0. The molecule has 2 aromatic rings. The van der Waals surface area contributed by atoms with Crippen LogP contribution in [-0.2, 0) is 26.7 Å². The maximum absolute atomic E-state index is 12.3. The highest BCUT2D eigenvalue weighted by Gasteiger charge is 2.33. The highest BCUT2D eigenvalue weighted by Crippen LogP contribution is 2.27. The maximum atomic E-state index is 12.3. The number of rotatable bonds is 6. The van der Waals surface area contributed by atoms with Crippen molar-refractivity contribution in [1.29, 1.82) is 0 Å². The van der Waals surface area contributed by atoms with Gasteiger partial charge in [0.1, 0.15) is 5.02 Å². The Morgan fingerprint density at radius 3 is 2.30 bits per heavy atom. The molecule has 124 valence electrons. The first-order valence-electron chi connectivity index (χ1n) is 6.76. The smallest absolute Gasteiger partial charge is 0.312 e. The first kappa shape index (κ1) is 18.0. The highest BCUT2D eigenvalue weighted by molar-refractivity contribution is 6.30. The summed E-state index contributed by atoms with van der Waals surface area (Å²) in [6.45, 7) is 0.306. The van der Waals surface area contributed by atoms with Gasteiger partial charge >= 0.3 is 5.97 Å². The molecule has 0 aliphatic carbocycles. The maximum Gasteiger partial charge on any atom is 0.312 e. The number of halogens is 2. The summed E-state index contributed by atoms with van der Waals surface area (Å²) < 4.78 is 17.4. The van der Waals surface area contributed by atoms with Crippen molar-refractivity contribution in [3.63, 3.8) is 0 Å². The van der Waals surface area contributed by atoms with Gasteiger partial charge in [-0.05, 0) is 23.8 Å². The topological polar surface area (TPSA) is 49.7 Å². The molecule has 7 heteroatoms. The molecule has 0 unspecified atom stereocenters. The second-order valence-corrected chi connectivity index (χ2v) is 5.65. The molecule has 0 radical (unpaired) electrons. The summed E-state index contributed by atoms with van der Waals surface area (Å²) in [4.78, 5) is 12.3. The normalized spacial score (nSPS) is 11.7. The average Bonchev–Trinajstić information content (AvgIpc) is 2.54. The number of ether oxygens (including phenoxy) is 3. The molecule has 0 spiro atoms. The molecule has 2 rings (SSSR count). The highest BCUT2D eigenvalue weighted by atomic mass is 35.5. The lowest BCUT2D eigenvalue weighted by molar-refractivity contribution is -0.364. The molecule has 0 saturated heterocycles. The molecule has 5 nitrogen and oxygen atoms in total. The lowest BCUT2D eigenvalue weighted by Gasteiger charge is -2.29. The van der Waals surface area contributed by atoms with Gasteiger partial charge < -0.3 is 18.8 Å². The van der Waals surface area contributed by atoms with E-state index in [1.165, 1.54) is 32.0 Å². The summed E-state index contributed by atoms with van der Waals surface area (Å²) in [7, 11) is 4.31. The van der Waals surface area contributed by atoms with Crippen molar-refractivity contribution in [2.75, 3.05) is 21.3 Å². The monoisotopic (exact) mass is 357 g/mol. The Bertz CT molecular complexity index is 733.